The molecule has 3 rings (SSSR count). The number of nitrogens with zero attached hydrogens (tertiary/aromatic N) is 1. The highest BCUT2D eigenvalue weighted by Gasteiger charge is 2.55. The fraction of sp³-hybridized carbons (Fsp3) is 0.474. The molecule has 134 valence electrons. The first-order valence-electron chi connectivity index (χ1n) is 8.51. The van der Waals surface area contributed by atoms with E-state index in [0.29, 0.717) is 18.0 Å². The largest absolute Gasteiger partial charge is 0.497 e. The zero-order valence-corrected chi connectivity index (χ0v) is 14.8. The molecule has 1 spiro atoms. The van der Waals surface area contributed by atoms with Crippen LogP contribution in [-0.4, -0.2) is 38.7 Å². The molecule has 1 aromatic carbocycles. The summed E-state index contributed by atoms with van der Waals surface area (Å²) in [5.41, 5.74) is 0.268. The fourth-order valence-electron chi connectivity index (χ4n) is 3.53. The highest BCUT2D eigenvalue weighted by atomic mass is 16.5. The highest BCUT2D eigenvalue weighted by molar-refractivity contribution is 6.09. The molecule has 1 amide bonds. The van der Waals surface area contributed by atoms with Crippen molar-refractivity contribution in [1.82, 2.24) is 0 Å². The van der Waals surface area contributed by atoms with E-state index in [2.05, 4.69) is 0 Å². The van der Waals surface area contributed by atoms with Crippen LogP contribution in [0.25, 0.3) is 0 Å². The van der Waals surface area contributed by atoms with Gasteiger partial charge in [-0.05, 0) is 31.5 Å². The standard InChI is InChI=1S/C19H23NO5/c1-4-24-17(21)12-20-16-9-8-14(23-3)11-15(16)19(18(20)22)13(2)7-5-6-10-25-19/h5,7-9,11,13H,4,6,10,12H2,1-3H3/t13-,19-/m1/s1. The van der Waals surface area contributed by atoms with E-state index >= 15 is 0 Å². The molecule has 0 bridgehead atoms. The molecule has 0 fully saturated rings. The SMILES string of the molecule is CCOC(=O)CN1C(=O)[C@]2(OCCC=C[C@H]2C)c2cc(OC)ccc21. The number of esters is 1. The van der Waals surface area contributed by atoms with Crippen LogP contribution in [0, 0.1) is 5.92 Å². The van der Waals surface area contributed by atoms with Crippen molar-refractivity contribution in [2.24, 2.45) is 5.92 Å². The van der Waals surface area contributed by atoms with Crippen LogP contribution in [-0.2, 0) is 24.7 Å². The Bertz CT molecular complexity index is 714. The van der Waals surface area contributed by atoms with Crippen molar-refractivity contribution in [3.63, 3.8) is 0 Å². The minimum Gasteiger partial charge on any atom is -0.497 e. The van der Waals surface area contributed by atoms with E-state index in [0.717, 1.165) is 12.0 Å². The maximum atomic E-state index is 13.4. The zero-order valence-electron chi connectivity index (χ0n) is 14.8. The number of methoxy groups -OCH3 is 1. The third-order valence-corrected chi connectivity index (χ3v) is 4.73. The normalized spacial score (nSPS) is 25.0. The molecule has 0 saturated carbocycles. The molecule has 6 heteroatoms. The minimum absolute atomic E-state index is 0.131. The molecular formula is C19H23NO5. The van der Waals surface area contributed by atoms with Crippen LogP contribution in [0.3, 0.4) is 0 Å². The molecule has 0 aromatic heterocycles. The fourth-order valence-corrected chi connectivity index (χ4v) is 3.53. The summed E-state index contributed by atoms with van der Waals surface area (Å²) < 4.78 is 16.5. The number of carbonyl (C=O) groups is 2. The number of hydrogen-bond donors (Lipinski definition) is 0. The lowest BCUT2D eigenvalue weighted by Gasteiger charge is -2.32. The summed E-state index contributed by atoms with van der Waals surface area (Å²) in [5, 5.41) is 0. The quantitative estimate of drug-likeness (QED) is 0.619. The van der Waals surface area contributed by atoms with Gasteiger partial charge in [-0.3, -0.25) is 14.5 Å². The van der Waals surface area contributed by atoms with Crippen molar-refractivity contribution < 1.29 is 23.8 Å². The third-order valence-electron chi connectivity index (χ3n) is 4.73. The summed E-state index contributed by atoms with van der Waals surface area (Å²) in [6.45, 7) is 4.28. The lowest BCUT2D eigenvalue weighted by molar-refractivity contribution is -0.151. The van der Waals surface area contributed by atoms with Crippen LogP contribution in [0.1, 0.15) is 25.8 Å². The Morgan fingerprint density at radius 2 is 2.24 bits per heavy atom. The first-order valence-corrected chi connectivity index (χ1v) is 8.51. The van der Waals surface area contributed by atoms with Gasteiger partial charge in [-0.15, -0.1) is 0 Å². The molecule has 2 aliphatic rings. The van der Waals surface area contributed by atoms with Crippen molar-refractivity contribution in [3.8, 4) is 5.75 Å². The smallest absolute Gasteiger partial charge is 0.326 e. The summed E-state index contributed by atoms with van der Waals surface area (Å²) in [7, 11) is 1.58. The van der Waals surface area contributed by atoms with E-state index in [4.69, 9.17) is 14.2 Å². The van der Waals surface area contributed by atoms with Crippen LogP contribution in [0.4, 0.5) is 5.69 Å². The van der Waals surface area contributed by atoms with Crippen molar-refractivity contribution in [1.29, 1.82) is 0 Å². The topological polar surface area (TPSA) is 65.1 Å². The lowest BCUT2D eigenvalue weighted by atomic mass is 9.83. The second kappa shape index (κ2) is 6.88. The lowest BCUT2D eigenvalue weighted by Crippen LogP contribution is -2.47. The van der Waals surface area contributed by atoms with E-state index in [-0.39, 0.29) is 25.0 Å². The number of amides is 1. The molecule has 0 aliphatic carbocycles. The Labute approximate surface area is 147 Å². The van der Waals surface area contributed by atoms with Gasteiger partial charge in [0.05, 0.1) is 26.0 Å². The number of anilines is 1. The van der Waals surface area contributed by atoms with Crippen LogP contribution in [0.15, 0.2) is 30.4 Å². The zero-order chi connectivity index (χ0) is 18.0. The first kappa shape index (κ1) is 17.5. The highest BCUT2D eigenvalue weighted by Crippen LogP contribution is 2.49. The molecule has 25 heavy (non-hydrogen) atoms. The van der Waals surface area contributed by atoms with Crippen LogP contribution < -0.4 is 9.64 Å². The average molecular weight is 345 g/mol. The first-order chi connectivity index (χ1) is 12.0. The molecule has 0 unspecified atom stereocenters. The van der Waals surface area contributed by atoms with Gasteiger partial charge in [-0.1, -0.05) is 19.1 Å². The molecule has 6 nitrogen and oxygen atoms in total. The van der Waals surface area contributed by atoms with Gasteiger partial charge < -0.3 is 14.2 Å². The molecule has 2 aliphatic heterocycles. The van der Waals surface area contributed by atoms with Gasteiger partial charge in [0, 0.05) is 11.5 Å². The van der Waals surface area contributed by atoms with Gasteiger partial charge in [-0.2, -0.15) is 0 Å². The molecule has 2 atom stereocenters. The maximum absolute atomic E-state index is 13.4. The minimum atomic E-state index is -1.14. The average Bonchev–Trinajstić information content (AvgIpc) is 2.73. The Morgan fingerprint density at radius 3 is 2.96 bits per heavy atom. The maximum Gasteiger partial charge on any atom is 0.326 e. The van der Waals surface area contributed by atoms with Crippen molar-refractivity contribution in [2.45, 2.75) is 25.9 Å². The van der Waals surface area contributed by atoms with Gasteiger partial charge in [0.15, 0.2) is 5.60 Å². The molecule has 0 radical (unpaired) electrons. The second-order valence-corrected chi connectivity index (χ2v) is 6.17. The number of carbonyl (C=O) groups excluding carboxylic acids is 2. The predicted molar refractivity (Wildman–Crippen MR) is 92.5 cm³/mol. The number of rotatable bonds is 4. The van der Waals surface area contributed by atoms with E-state index < -0.39 is 11.6 Å². The number of ether oxygens (including phenoxy) is 3. The van der Waals surface area contributed by atoms with E-state index in [1.807, 2.05) is 25.1 Å². The summed E-state index contributed by atoms with van der Waals surface area (Å²) in [6.07, 6.45) is 4.78. The Balaban J connectivity index is 2.10. The summed E-state index contributed by atoms with van der Waals surface area (Å²) >= 11 is 0. The Hall–Kier alpha value is -2.34. The molecule has 1 aromatic rings. The molecule has 2 heterocycles. The summed E-state index contributed by atoms with van der Waals surface area (Å²) in [4.78, 5) is 26.8. The van der Waals surface area contributed by atoms with Crippen LogP contribution >= 0.6 is 0 Å². The van der Waals surface area contributed by atoms with Gasteiger partial charge >= 0.3 is 5.97 Å². The van der Waals surface area contributed by atoms with Crippen molar-refractivity contribution in [2.75, 3.05) is 31.8 Å². The summed E-state index contributed by atoms with van der Waals surface area (Å²) in [5.74, 6) is -0.192. The van der Waals surface area contributed by atoms with Crippen molar-refractivity contribution >= 4 is 17.6 Å². The number of benzene rings is 1. The van der Waals surface area contributed by atoms with Crippen LogP contribution in [0.5, 0.6) is 5.75 Å². The second-order valence-electron chi connectivity index (χ2n) is 6.17. The van der Waals surface area contributed by atoms with E-state index in [9.17, 15) is 9.59 Å². The van der Waals surface area contributed by atoms with Gasteiger partial charge in [0.25, 0.3) is 5.91 Å². The number of fused-ring (bicyclic) bond motifs is 2. The monoisotopic (exact) mass is 345 g/mol. The van der Waals surface area contributed by atoms with Gasteiger partial charge in [-0.25, -0.2) is 0 Å². The third kappa shape index (κ3) is 2.80. The van der Waals surface area contributed by atoms with E-state index in [1.165, 1.54) is 4.90 Å². The number of hydrogen-bond acceptors (Lipinski definition) is 5. The molecule has 0 saturated heterocycles. The summed E-state index contributed by atoms with van der Waals surface area (Å²) in [6, 6.07) is 5.40. The molecular weight excluding hydrogens is 322 g/mol. The van der Waals surface area contributed by atoms with Gasteiger partial charge in [0.2, 0.25) is 0 Å². The van der Waals surface area contributed by atoms with Gasteiger partial charge in [0.1, 0.15) is 12.3 Å². The Kier molecular flexibility index (Phi) is 4.81. The Morgan fingerprint density at radius 1 is 1.44 bits per heavy atom. The van der Waals surface area contributed by atoms with Crippen LogP contribution in [0.2, 0.25) is 0 Å². The van der Waals surface area contributed by atoms with Crippen molar-refractivity contribution in [3.05, 3.63) is 35.9 Å². The van der Waals surface area contributed by atoms with E-state index in [1.54, 1.807) is 26.2 Å². The molecule has 0 N–H and O–H groups in total. The predicted octanol–water partition coefficient (Wildman–Crippen LogP) is 2.41.